The van der Waals surface area contributed by atoms with Gasteiger partial charge in [0.15, 0.2) is 5.75 Å². The Balaban J connectivity index is 1.45. The third kappa shape index (κ3) is 4.80. The smallest absolute Gasteiger partial charge is 0.416 e. The molecule has 1 N–H and O–H groups in total. The first-order chi connectivity index (χ1) is 15.2. The fourth-order valence-electron chi connectivity index (χ4n) is 3.44. The molecule has 1 amide bonds. The van der Waals surface area contributed by atoms with E-state index in [2.05, 4.69) is 15.3 Å². The largest absolute Gasteiger partial charge is 0.437 e. The molecule has 3 aromatic rings. The van der Waals surface area contributed by atoms with Crippen LogP contribution in [0.3, 0.4) is 0 Å². The molecule has 164 valence electrons. The number of amides is 1. The predicted octanol–water partition coefficient (Wildman–Crippen LogP) is 5.24. The zero-order valence-electron chi connectivity index (χ0n) is 17.5. The van der Waals surface area contributed by atoms with Gasteiger partial charge in [-0.1, -0.05) is 18.2 Å². The molecule has 0 saturated carbocycles. The second kappa shape index (κ2) is 8.45. The number of carbonyl (C=O) groups is 1. The van der Waals surface area contributed by atoms with Gasteiger partial charge in [0.25, 0.3) is 0 Å². The van der Waals surface area contributed by atoms with Crippen LogP contribution >= 0.6 is 0 Å². The van der Waals surface area contributed by atoms with E-state index in [-0.39, 0.29) is 6.42 Å². The summed E-state index contributed by atoms with van der Waals surface area (Å²) in [5.41, 5.74) is 3.48. The van der Waals surface area contributed by atoms with E-state index in [0.717, 1.165) is 34.5 Å². The van der Waals surface area contributed by atoms with Gasteiger partial charge in [-0.05, 0) is 55.3 Å². The highest BCUT2D eigenvalue weighted by Crippen LogP contribution is 2.30. The van der Waals surface area contributed by atoms with Gasteiger partial charge in [0.05, 0.1) is 24.7 Å². The van der Waals surface area contributed by atoms with Crippen LogP contribution < -0.4 is 10.1 Å². The minimum absolute atomic E-state index is 0.163. The Morgan fingerprint density at radius 3 is 2.69 bits per heavy atom. The van der Waals surface area contributed by atoms with Gasteiger partial charge in [0.1, 0.15) is 0 Å². The van der Waals surface area contributed by atoms with E-state index < -0.39 is 17.6 Å². The molecule has 0 unspecified atom stereocenters. The van der Waals surface area contributed by atoms with E-state index in [4.69, 9.17) is 4.74 Å². The molecule has 0 atom stereocenters. The number of hydrogen-bond acceptors (Lipinski definition) is 4. The number of aliphatic imine (C=N–C) groups is 1. The Kier molecular flexibility index (Phi) is 5.69. The molecule has 1 aromatic heterocycles. The molecule has 0 saturated heterocycles. The van der Waals surface area contributed by atoms with Crippen LogP contribution in [0.2, 0.25) is 0 Å². The van der Waals surface area contributed by atoms with Crippen molar-refractivity contribution < 1.29 is 22.7 Å². The van der Waals surface area contributed by atoms with Crippen molar-refractivity contribution in [3.8, 4) is 5.75 Å². The maximum absolute atomic E-state index is 12.9. The fraction of sp³-hybridized carbons (Fsp3) is 0.208. The zero-order valence-corrected chi connectivity index (χ0v) is 17.5. The van der Waals surface area contributed by atoms with E-state index in [9.17, 15) is 18.0 Å². The Morgan fingerprint density at radius 2 is 1.94 bits per heavy atom. The van der Waals surface area contributed by atoms with Gasteiger partial charge < -0.3 is 10.1 Å². The molecule has 32 heavy (non-hydrogen) atoms. The third-order valence-corrected chi connectivity index (χ3v) is 5.05. The van der Waals surface area contributed by atoms with E-state index in [0.29, 0.717) is 29.4 Å². The van der Waals surface area contributed by atoms with Crippen molar-refractivity contribution in [2.45, 2.75) is 33.0 Å². The highest BCUT2D eigenvalue weighted by Gasteiger charge is 2.30. The van der Waals surface area contributed by atoms with Crippen molar-refractivity contribution in [3.05, 3.63) is 88.2 Å². The summed E-state index contributed by atoms with van der Waals surface area (Å²) >= 11 is 0. The van der Waals surface area contributed by atoms with Gasteiger partial charge in [-0.3, -0.25) is 9.78 Å². The number of alkyl halides is 3. The molecule has 0 fully saturated rings. The summed E-state index contributed by atoms with van der Waals surface area (Å²) in [6.07, 6.45) is -2.93. The second-order valence-corrected chi connectivity index (χ2v) is 7.61. The summed E-state index contributed by atoms with van der Waals surface area (Å²) in [5.74, 6) is 0.728. The predicted molar refractivity (Wildman–Crippen MR) is 115 cm³/mol. The maximum Gasteiger partial charge on any atom is 0.416 e. The Labute approximate surface area is 183 Å². The quantitative estimate of drug-likeness (QED) is 0.605. The van der Waals surface area contributed by atoms with Crippen molar-refractivity contribution in [2.24, 2.45) is 4.99 Å². The topological polar surface area (TPSA) is 63.6 Å². The second-order valence-electron chi connectivity index (χ2n) is 7.61. The number of aromatic nitrogens is 1. The third-order valence-electron chi connectivity index (χ3n) is 5.05. The van der Waals surface area contributed by atoms with E-state index in [1.165, 1.54) is 12.1 Å². The van der Waals surface area contributed by atoms with Crippen LogP contribution in [0.25, 0.3) is 0 Å². The highest BCUT2D eigenvalue weighted by atomic mass is 19.4. The Bertz CT molecular complexity index is 1220. The van der Waals surface area contributed by atoms with Crippen molar-refractivity contribution in [1.82, 2.24) is 4.98 Å². The monoisotopic (exact) mass is 439 g/mol. The molecular formula is C24H20F3N3O2. The fourth-order valence-corrected chi connectivity index (χ4v) is 3.44. The van der Waals surface area contributed by atoms with Crippen LogP contribution in [0.15, 0.2) is 59.7 Å². The van der Waals surface area contributed by atoms with Crippen LogP contribution in [0.4, 0.5) is 18.9 Å². The zero-order chi connectivity index (χ0) is 22.9. The molecule has 0 bridgehead atoms. The number of carbonyl (C=O) groups excluding carboxylic acids is 1. The lowest BCUT2D eigenvalue weighted by molar-refractivity contribution is -0.137. The van der Waals surface area contributed by atoms with Crippen LogP contribution in [-0.4, -0.2) is 16.8 Å². The minimum atomic E-state index is -4.45. The van der Waals surface area contributed by atoms with Gasteiger partial charge in [0.2, 0.25) is 11.8 Å². The van der Waals surface area contributed by atoms with Crippen LogP contribution in [0.1, 0.15) is 33.5 Å². The van der Waals surface area contributed by atoms with Gasteiger partial charge in [-0.2, -0.15) is 13.2 Å². The highest BCUT2D eigenvalue weighted by molar-refractivity contribution is 5.98. The molecule has 0 aliphatic carbocycles. The van der Waals surface area contributed by atoms with Crippen LogP contribution in [-0.2, 0) is 23.9 Å². The van der Waals surface area contributed by atoms with E-state index >= 15 is 0 Å². The molecule has 5 nitrogen and oxygen atoms in total. The van der Waals surface area contributed by atoms with Gasteiger partial charge in [0, 0.05) is 22.5 Å². The van der Waals surface area contributed by atoms with Crippen molar-refractivity contribution in [1.29, 1.82) is 0 Å². The summed E-state index contributed by atoms with van der Waals surface area (Å²) in [6.45, 7) is 4.22. The van der Waals surface area contributed by atoms with Crippen molar-refractivity contribution in [2.75, 3.05) is 5.32 Å². The summed E-state index contributed by atoms with van der Waals surface area (Å²) in [4.78, 5) is 21.1. The summed E-state index contributed by atoms with van der Waals surface area (Å²) < 4.78 is 44.5. The summed E-state index contributed by atoms with van der Waals surface area (Å²) in [7, 11) is 0. The molecule has 2 heterocycles. The number of fused-ring (bicyclic) bond motifs is 1. The van der Waals surface area contributed by atoms with Crippen molar-refractivity contribution in [3.63, 3.8) is 0 Å². The van der Waals surface area contributed by atoms with Gasteiger partial charge >= 0.3 is 6.18 Å². The average molecular weight is 439 g/mol. The number of rotatable bonds is 4. The first-order valence-electron chi connectivity index (χ1n) is 9.94. The number of nitrogens with zero attached hydrogens (tertiary/aromatic N) is 2. The minimum Gasteiger partial charge on any atom is -0.437 e. The lowest BCUT2D eigenvalue weighted by Crippen LogP contribution is -2.18. The van der Waals surface area contributed by atoms with E-state index in [1.807, 2.05) is 26.0 Å². The first-order valence-corrected chi connectivity index (χ1v) is 9.94. The number of benzene rings is 2. The molecule has 8 heteroatoms. The standard InChI is InChI=1S/C24H20F3N3O2/c1-14-8-17(23-29-12-18-9-15(2)28-13-21(18)32-23)6-7-20(14)30-22(31)11-16-4-3-5-19(10-16)24(25,26)27/h3-10,13H,11-12H2,1-2H3,(H,30,31). The van der Waals surface area contributed by atoms with Crippen molar-refractivity contribution >= 4 is 17.5 Å². The normalized spacial score (nSPS) is 13.1. The molecular weight excluding hydrogens is 419 g/mol. The maximum atomic E-state index is 12.9. The van der Waals surface area contributed by atoms with Crippen LogP contribution in [0.5, 0.6) is 5.75 Å². The SMILES string of the molecule is Cc1cc2c(cn1)OC(c1ccc(NC(=O)Cc3cccc(C(F)(F)F)c3)c(C)c1)=NC2. The molecule has 1 aliphatic rings. The molecule has 2 aromatic carbocycles. The molecule has 4 rings (SSSR count). The summed E-state index contributed by atoms with van der Waals surface area (Å²) in [6, 6.07) is 12.0. The number of aryl methyl sites for hydroxylation is 2. The lowest BCUT2D eigenvalue weighted by atomic mass is 10.1. The lowest BCUT2D eigenvalue weighted by Gasteiger charge is -2.18. The number of hydrogen-bond donors (Lipinski definition) is 1. The van der Waals surface area contributed by atoms with E-state index in [1.54, 1.807) is 18.3 Å². The molecule has 0 spiro atoms. The average Bonchev–Trinajstić information content (AvgIpc) is 2.74. The summed E-state index contributed by atoms with van der Waals surface area (Å²) in [5, 5.41) is 2.76. The Morgan fingerprint density at radius 1 is 1.12 bits per heavy atom. The number of nitrogens with one attached hydrogen (secondary N) is 1. The van der Waals surface area contributed by atoms with Gasteiger partial charge in [-0.15, -0.1) is 0 Å². The van der Waals surface area contributed by atoms with Gasteiger partial charge in [-0.25, -0.2) is 4.99 Å². The Hall–Kier alpha value is -3.68. The first kappa shape index (κ1) is 21.5. The number of ether oxygens (including phenoxy) is 1. The van der Waals surface area contributed by atoms with Crippen LogP contribution in [0, 0.1) is 13.8 Å². The number of anilines is 1. The number of pyridine rings is 1. The molecule has 1 aliphatic heterocycles. The number of halogens is 3. The molecule has 0 radical (unpaired) electrons.